The molecule has 0 atom stereocenters. The molecule has 2 heterocycles. The van der Waals surface area contributed by atoms with E-state index in [0.717, 1.165) is 23.4 Å². The number of aromatic nitrogens is 2. The summed E-state index contributed by atoms with van der Waals surface area (Å²) in [4.78, 5) is 11.0. The van der Waals surface area contributed by atoms with Crippen LogP contribution >= 0.6 is 27.7 Å². The molecule has 0 aliphatic carbocycles. The van der Waals surface area contributed by atoms with Gasteiger partial charge in [-0.3, -0.25) is 0 Å². The summed E-state index contributed by atoms with van der Waals surface area (Å²) in [6, 6.07) is 0. The highest BCUT2D eigenvalue weighted by molar-refractivity contribution is 9.10. The second kappa shape index (κ2) is 5.72. The minimum absolute atomic E-state index is 0.676. The van der Waals surface area contributed by atoms with Gasteiger partial charge in [-0.2, -0.15) is 16.7 Å². The van der Waals surface area contributed by atoms with Crippen molar-refractivity contribution in [3.63, 3.8) is 0 Å². The summed E-state index contributed by atoms with van der Waals surface area (Å²) in [5.74, 6) is 4.10. The van der Waals surface area contributed by atoms with E-state index in [4.69, 9.17) is 0 Å². The van der Waals surface area contributed by atoms with Gasteiger partial charge < -0.3 is 10.2 Å². The summed E-state index contributed by atoms with van der Waals surface area (Å²) in [5.41, 5.74) is 0. The average Bonchev–Trinajstić information content (AvgIpc) is 2.58. The van der Waals surface area contributed by atoms with Gasteiger partial charge in [0, 0.05) is 32.1 Å². The van der Waals surface area contributed by atoms with Crippen molar-refractivity contribution in [2.24, 2.45) is 0 Å². The fourth-order valence-corrected chi connectivity index (χ4v) is 2.99. The summed E-state index contributed by atoms with van der Waals surface area (Å²) in [6.45, 7) is 2.13. The van der Waals surface area contributed by atoms with E-state index in [1.807, 2.05) is 25.0 Å². The molecule has 6 heteroatoms. The maximum Gasteiger partial charge on any atom is 0.224 e. The molecule has 88 valence electrons. The zero-order valence-corrected chi connectivity index (χ0v) is 11.6. The van der Waals surface area contributed by atoms with Gasteiger partial charge >= 0.3 is 0 Å². The van der Waals surface area contributed by atoms with Crippen LogP contribution in [-0.2, 0) is 0 Å². The van der Waals surface area contributed by atoms with Gasteiger partial charge in [-0.15, -0.1) is 0 Å². The van der Waals surface area contributed by atoms with Crippen LogP contribution in [0.25, 0.3) is 0 Å². The average molecular weight is 303 g/mol. The van der Waals surface area contributed by atoms with Crippen molar-refractivity contribution in [1.29, 1.82) is 0 Å². The summed E-state index contributed by atoms with van der Waals surface area (Å²) >= 11 is 5.53. The Labute approximate surface area is 108 Å². The first-order valence-corrected chi connectivity index (χ1v) is 7.29. The van der Waals surface area contributed by atoms with Gasteiger partial charge in [-0.1, -0.05) is 0 Å². The fourth-order valence-electron chi connectivity index (χ4n) is 1.66. The van der Waals surface area contributed by atoms with Gasteiger partial charge in [0.05, 0.1) is 4.47 Å². The van der Waals surface area contributed by atoms with E-state index in [-0.39, 0.29) is 0 Å². The van der Waals surface area contributed by atoms with Crippen LogP contribution in [-0.4, -0.2) is 41.6 Å². The smallest absolute Gasteiger partial charge is 0.224 e. The summed E-state index contributed by atoms with van der Waals surface area (Å²) in [7, 11) is 1.84. The number of thioether (sulfide) groups is 1. The monoisotopic (exact) mass is 302 g/mol. The quantitative estimate of drug-likeness (QED) is 0.907. The summed E-state index contributed by atoms with van der Waals surface area (Å²) in [5, 5.41) is 2.97. The predicted molar refractivity (Wildman–Crippen MR) is 73.4 cm³/mol. The van der Waals surface area contributed by atoms with E-state index < -0.39 is 0 Å². The largest absolute Gasteiger partial charge is 0.357 e. The molecule has 0 radical (unpaired) electrons. The van der Waals surface area contributed by atoms with Crippen LogP contribution in [0, 0.1) is 0 Å². The van der Waals surface area contributed by atoms with Crippen LogP contribution < -0.4 is 10.2 Å². The minimum Gasteiger partial charge on any atom is -0.357 e. The number of nitrogens with zero attached hydrogens (tertiary/aromatic N) is 3. The van der Waals surface area contributed by atoms with Crippen molar-refractivity contribution in [3.8, 4) is 0 Å². The molecular formula is C10H15BrN4S. The lowest BCUT2D eigenvalue weighted by molar-refractivity contribution is 0.796. The van der Waals surface area contributed by atoms with Crippen molar-refractivity contribution in [2.45, 2.75) is 6.42 Å². The van der Waals surface area contributed by atoms with Gasteiger partial charge in [0.25, 0.3) is 0 Å². The molecule has 1 fully saturated rings. The molecular weight excluding hydrogens is 288 g/mol. The molecule has 1 saturated heterocycles. The van der Waals surface area contributed by atoms with Gasteiger partial charge in [0.15, 0.2) is 0 Å². The number of hydrogen-bond donors (Lipinski definition) is 1. The molecule has 0 saturated carbocycles. The van der Waals surface area contributed by atoms with Crippen LogP contribution in [0.5, 0.6) is 0 Å². The Bertz CT molecular complexity index is 353. The van der Waals surface area contributed by atoms with Gasteiger partial charge in [-0.05, 0) is 28.1 Å². The summed E-state index contributed by atoms with van der Waals surface area (Å²) in [6.07, 6.45) is 3.03. The maximum atomic E-state index is 4.50. The van der Waals surface area contributed by atoms with Crippen LogP contribution in [0.15, 0.2) is 10.7 Å². The minimum atomic E-state index is 0.676. The highest BCUT2D eigenvalue weighted by Gasteiger charge is 2.15. The molecule has 1 aromatic heterocycles. The third kappa shape index (κ3) is 2.79. The number of rotatable bonds is 2. The molecule has 0 spiro atoms. The first kappa shape index (κ1) is 12.0. The maximum absolute atomic E-state index is 4.50. The molecule has 0 aromatic carbocycles. The Morgan fingerprint density at radius 1 is 1.44 bits per heavy atom. The lowest BCUT2D eigenvalue weighted by Crippen LogP contribution is -2.27. The SMILES string of the molecule is CNc1ncc(Br)c(N2CCCSCC2)n1. The zero-order valence-electron chi connectivity index (χ0n) is 9.24. The standard InChI is InChI=1S/C10H15BrN4S/c1-12-10-13-7-8(11)9(14-10)15-3-2-5-16-6-4-15/h7H,2-6H2,1H3,(H,12,13,14). The highest BCUT2D eigenvalue weighted by Crippen LogP contribution is 2.26. The molecule has 0 bridgehead atoms. The van der Waals surface area contributed by atoms with E-state index in [9.17, 15) is 0 Å². The molecule has 2 rings (SSSR count). The molecule has 16 heavy (non-hydrogen) atoms. The Balaban J connectivity index is 2.22. The van der Waals surface area contributed by atoms with Crippen molar-refractivity contribution in [2.75, 3.05) is 41.9 Å². The predicted octanol–water partition coefficient (Wildman–Crippen LogP) is 2.22. The van der Waals surface area contributed by atoms with Crippen molar-refractivity contribution in [3.05, 3.63) is 10.7 Å². The Morgan fingerprint density at radius 3 is 3.12 bits per heavy atom. The Morgan fingerprint density at radius 2 is 2.31 bits per heavy atom. The van der Waals surface area contributed by atoms with Crippen LogP contribution in [0.2, 0.25) is 0 Å². The van der Waals surface area contributed by atoms with E-state index >= 15 is 0 Å². The molecule has 1 aliphatic rings. The second-order valence-corrected chi connectivity index (χ2v) is 5.65. The van der Waals surface area contributed by atoms with Crippen molar-refractivity contribution >= 4 is 39.5 Å². The topological polar surface area (TPSA) is 41.1 Å². The first-order chi connectivity index (χ1) is 7.81. The number of halogens is 1. The second-order valence-electron chi connectivity index (χ2n) is 3.57. The lowest BCUT2D eigenvalue weighted by Gasteiger charge is -2.22. The van der Waals surface area contributed by atoms with Gasteiger partial charge in [0.1, 0.15) is 5.82 Å². The van der Waals surface area contributed by atoms with E-state index in [2.05, 4.69) is 36.1 Å². The first-order valence-electron chi connectivity index (χ1n) is 5.34. The molecule has 0 amide bonds. The summed E-state index contributed by atoms with van der Waals surface area (Å²) < 4.78 is 0.971. The molecule has 4 nitrogen and oxygen atoms in total. The van der Waals surface area contributed by atoms with Gasteiger partial charge in [-0.25, -0.2) is 4.98 Å². The molecule has 1 N–H and O–H groups in total. The molecule has 1 aliphatic heterocycles. The third-order valence-corrected chi connectivity index (χ3v) is 4.08. The van der Waals surface area contributed by atoms with Gasteiger partial charge in [0.2, 0.25) is 5.95 Å². The fraction of sp³-hybridized carbons (Fsp3) is 0.600. The molecule has 1 aromatic rings. The highest BCUT2D eigenvalue weighted by atomic mass is 79.9. The van der Waals surface area contributed by atoms with E-state index in [1.165, 1.54) is 17.9 Å². The number of nitrogens with one attached hydrogen (secondary N) is 1. The molecule has 0 unspecified atom stereocenters. The lowest BCUT2D eigenvalue weighted by atomic mass is 10.4. The zero-order chi connectivity index (χ0) is 11.4. The van der Waals surface area contributed by atoms with Crippen LogP contribution in [0.4, 0.5) is 11.8 Å². The Hall–Kier alpha value is -0.490. The number of hydrogen-bond acceptors (Lipinski definition) is 5. The number of anilines is 2. The van der Waals surface area contributed by atoms with Crippen molar-refractivity contribution in [1.82, 2.24) is 9.97 Å². The van der Waals surface area contributed by atoms with Crippen molar-refractivity contribution < 1.29 is 0 Å². The Kier molecular flexibility index (Phi) is 4.29. The van der Waals surface area contributed by atoms with Crippen LogP contribution in [0.3, 0.4) is 0 Å². The van der Waals surface area contributed by atoms with E-state index in [0.29, 0.717) is 5.95 Å². The third-order valence-electron chi connectivity index (χ3n) is 2.47. The van der Waals surface area contributed by atoms with Crippen LogP contribution in [0.1, 0.15) is 6.42 Å². The normalized spacial score (nSPS) is 17.0. The van der Waals surface area contributed by atoms with E-state index in [1.54, 1.807) is 0 Å².